The van der Waals surface area contributed by atoms with Gasteiger partial charge in [0.2, 0.25) is 10.0 Å². The maximum absolute atomic E-state index is 12.5. The molecule has 0 saturated heterocycles. The summed E-state index contributed by atoms with van der Waals surface area (Å²) in [5.74, 6) is 1.20. The van der Waals surface area contributed by atoms with Crippen LogP contribution in [0.25, 0.3) is 0 Å². The lowest BCUT2D eigenvalue weighted by Crippen LogP contribution is -2.27. The second-order valence-corrected chi connectivity index (χ2v) is 7.06. The molecule has 2 aromatic rings. The Hall–Kier alpha value is -1.76. The standard InChI is InChI=1S/C16H18ClNO4S/c1-11(15-10-13(21-2)6-9-16(15)22-3)18-23(19,20)14-7-4-12(17)5-8-14/h4-11,18H,1-3H3/t11-/m1/s1. The highest BCUT2D eigenvalue weighted by atomic mass is 35.5. The Labute approximate surface area is 141 Å². The summed E-state index contributed by atoms with van der Waals surface area (Å²) in [4.78, 5) is 0.149. The third-order valence-corrected chi connectivity index (χ3v) is 5.17. The third-order valence-electron chi connectivity index (χ3n) is 3.36. The number of sulfonamides is 1. The molecule has 1 N–H and O–H groups in total. The zero-order valence-electron chi connectivity index (χ0n) is 13.0. The molecule has 5 nitrogen and oxygen atoms in total. The molecule has 0 saturated carbocycles. The van der Waals surface area contributed by atoms with Gasteiger partial charge in [0, 0.05) is 16.6 Å². The maximum atomic E-state index is 12.5. The molecule has 0 bridgehead atoms. The molecule has 124 valence electrons. The van der Waals surface area contributed by atoms with E-state index in [0.29, 0.717) is 22.1 Å². The van der Waals surface area contributed by atoms with Gasteiger partial charge in [0.1, 0.15) is 11.5 Å². The number of rotatable bonds is 6. The first-order valence-corrected chi connectivity index (χ1v) is 8.73. The first kappa shape index (κ1) is 17.6. The molecule has 2 aromatic carbocycles. The van der Waals surface area contributed by atoms with Crippen molar-refractivity contribution in [2.24, 2.45) is 0 Å². The largest absolute Gasteiger partial charge is 0.497 e. The maximum Gasteiger partial charge on any atom is 0.241 e. The lowest BCUT2D eigenvalue weighted by molar-refractivity contribution is 0.395. The van der Waals surface area contributed by atoms with Gasteiger partial charge in [-0.15, -0.1) is 0 Å². The second kappa shape index (κ2) is 7.21. The van der Waals surface area contributed by atoms with Crippen LogP contribution in [-0.4, -0.2) is 22.6 Å². The van der Waals surface area contributed by atoms with Crippen LogP contribution in [-0.2, 0) is 10.0 Å². The van der Waals surface area contributed by atoms with E-state index in [1.165, 1.54) is 31.4 Å². The highest BCUT2D eigenvalue weighted by molar-refractivity contribution is 7.89. The fourth-order valence-electron chi connectivity index (χ4n) is 2.16. The van der Waals surface area contributed by atoms with E-state index in [1.807, 2.05) is 0 Å². The number of methoxy groups -OCH3 is 2. The van der Waals surface area contributed by atoms with Crippen LogP contribution < -0.4 is 14.2 Å². The first-order valence-electron chi connectivity index (χ1n) is 6.87. The molecular formula is C16H18ClNO4S. The Balaban J connectivity index is 2.30. The van der Waals surface area contributed by atoms with Crippen molar-refractivity contribution < 1.29 is 17.9 Å². The normalized spacial score (nSPS) is 12.7. The molecular weight excluding hydrogens is 338 g/mol. The van der Waals surface area contributed by atoms with Gasteiger partial charge in [-0.2, -0.15) is 0 Å². The van der Waals surface area contributed by atoms with Crippen LogP contribution in [0, 0.1) is 0 Å². The predicted molar refractivity (Wildman–Crippen MR) is 89.7 cm³/mol. The van der Waals surface area contributed by atoms with Crippen LogP contribution in [0.5, 0.6) is 11.5 Å². The van der Waals surface area contributed by atoms with Crippen molar-refractivity contribution in [3.8, 4) is 11.5 Å². The first-order chi connectivity index (χ1) is 10.9. The van der Waals surface area contributed by atoms with Crippen LogP contribution in [0.4, 0.5) is 0 Å². The minimum Gasteiger partial charge on any atom is -0.497 e. The average Bonchev–Trinajstić information content (AvgIpc) is 2.54. The van der Waals surface area contributed by atoms with Gasteiger partial charge in [-0.25, -0.2) is 13.1 Å². The summed E-state index contributed by atoms with van der Waals surface area (Å²) in [6.45, 7) is 1.74. The summed E-state index contributed by atoms with van der Waals surface area (Å²) in [7, 11) is -0.591. The van der Waals surface area contributed by atoms with Gasteiger partial charge in [0.15, 0.2) is 0 Å². The summed E-state index contributed by atoms with van der Waals surface area (Å²) in [5, 5.41) is 0.478. The highest BCUT2D eigenvalue weighted by Crippen LogP contribution is 2.30. The van der Waals surface area contributed by atoms with Crippen molar-refractivity contribution in [1.82, 2.24) is 4.72 Å². The van der Waals surface area contributed by atoms with Crippen molar-refractivity contribution in [2.45, 2.75) is 17.9 Å². The SMILES string of the molecule is COc1ccc(OC)c([C@@H](C)NS(=O)(=O)c2ccc(Cl)cc2)c1. The molecule has 1 atom stereocenters. The quantitative estimate of drug-likeness (QED) is 0.862. The summed E-state index contributed by atoms with van der Waals surface area (Å²) >= 11 is 5.79. The van der Waals surface area contributed by atoms with E-state index in [1.54, 1.807) is 32.2 Å². The zero-order valence-corrected chi connectivity index (χ0v) is 14.6. The Morgan fingerprint density at radius 3 is 2.26 bits per heavy atom. The number of nitrogens with one attached hydrogen (secondary N) is 1. The highest BCUT2D eigenvalue weighted by Gasteiger charge is 2.21. The zero-order chi connectivity index (χ0) is 17.0. The Kier molecular flexibility index (Phi) is 5.51. The third kappa shape index (κ3) is 4.16. The van der Waals surface area contributed by atoms with Gasteiger partial charge >= 0.3 is 0 Å². The molecule has 0 fully saturated rings. The van der Waals surface area contributed by atoms with Crippen LogP contribution in [0.15, 0.2) is 47.4 Å². The van der Waals surface area contributed by atoms with Gasteiger partial charge in [-0.1, -0.05) is 11.6 Å². The topological polar surface area (TPSA) is 64.6 Å². The van der Waals surface area contributed by atoms with Crippen molar-refractivity contribution in [3.63, 3.8) is 0 Å². The molecule has 7 heteroatoms. The minimum atomic E-state index is -3.67. The second-order valence-electron chi connectivity index (χ2n) is 4.90. The average molecular weight is 356 g/mol. The van der Waals surface area contributed by atoms with Crippen molar-refractivity contribution >= 4 is 21.6 Å². The number of hydrogen-bond donors (Lipinski definition) is 1. The molecule has 23 heavy (non-hydrogen) atoms. The molecule has 0 aliphatic heterocycles. The predicted octanol–water partition coefficient (Wildman–Crippen LogP) is 3.40. The molecule has 0 heterocycles. The van der Waals surface area contributed by atoms with E-state index in [2.05, 4.69) is 4.72 Å². The van der Waals surface area contributed by atoms with Gasteiger partial charge in [0.25, 0.3) is 0 Å². The van der Waals surface area contributed by atoms with Gasteiger partial charge in [-0.3, -0.25) is 0 Å². The summed E-state index contributed by atoms with van der Waals surface area (Å²) in [6, 6.07) is 10.7. The van der Waals surface area contributed by atoms with Crippen molar-refractivity contribution in [3.05, 3.63) is 53.1 Å². The molecule has 0 spiro atoms. The van der Waals surface area contributed by atoms with E-state index < -0.39 is 16.1 Å². The van der Waals surface area contributed by atoms with E-state index in [9.17, 15) is 8.42 Å². The molecule has 0 amide bonds. The fourth-order valence-corrected chi connectivity index (χ4v) is 3.50. The molecule has 0 aliphatic carbocycles. The van der Waals surface area contributed by atoms with Gasteiger partial charge < -0.3 is 9.47 Å². The Morgan fingerprint density at radius 1 is 1.04 bits per heavy atom. The number of hydrogen-bond acceptors (Lipinski definition) is 4. The van der Waals surface area contributed by atoms with Crippen LogP contribution in [0.2, 0.25) is 5.02 Å². The summed E-state index contributed by atoms with van der Waals surface area (Å²) < 4.78 is 38.0. The van der Waals surface area contributed by atoms with E-state index in [4.69, 9.17) is 21.1 Å². The molecule has 0 radical (unpaired) electrons. The Morgan fingerprint density at radius 2 is 1.70 bits per heavy atom. The van der Waals surface area contributed by atoms with Crippen LogP contribution >= 0.6 is 11.6 Å². The molecule has 0 unspecified atom stereocenters. The molecule has 0 aromatic heterocycles. The summed E-state index contributed by atoms with van der Waals surface area (Å²) in [5.41, 5.74) is 0.685. The fraction of sp³-hybridized carbons (Fsp3) is 0.250. The number of benzene rings is 2. The van der Waals surface area contributed by atoms with E-state index >= 15 is 0 Å². The molecule has 2 rings (SSSR count). The van der Waals surface area contributed by atoms with E-state index in [-0.39, 0.29) is 4.90 Å². The number of ether oxygens (including phenoxy) is 2. The van der Waals surface area contributed by atoms with Crippen LogP contribution in [0.3, 0.4) is 0 Å². The lowest BCUT2D eigenvalue weighted by atomic mass is 10.1. The number of halogens is 1. The van der Waals surface area contributed by atoms with E-state index in [0.717, 1.165) is 0 Å². The monoisotopic (exact) mass is 355 g/mol. The van der Waals surface area contributed by atoms with Gasteiger partial charge in [-0.05, 0) is 49.4 Å². The lowest BCUT2D eigenvalue weighted by Gasteiger charge is -2.18. The smallest absolute Gasteiger partial charge is 0.241 e. The van der Waals surface area contributed by atoms with Crippen LogP contribution in [0.1, 0.15) is 18.5 Å². The van der Waals surface area contributed by atoms with Crippen molar-refractivity contribution in [2.75, 3.05) is 14.2 Å². The minimum absolute atomic E-state index is 0.149. The Bertz CT molecular complexity index is 775. The summed E-state index contributed by atoms with van der Waals surface area (Å²) in [6.07, 6.45) is 0. The van der Waals surface area contributed by atoms with Gasteiger partial charge in [0.05, 0.1) is 19.1 Å². The molecule has 0 aliphatic rings. The van der Waals surface area contributed by atoms with Crippen molar-refractivity contribution in [1.29, 1.82) is 0 Å².